The third kappa shape index (κ3) is 4.01. The number of amides is 1. The van der Waals surface area contributed by atoms with E-state index in [0.29, 0.717) is 11.4 Å². The zero-order chi connectivity index (χ0) is 19.5. The number of fused-ring (bicyclic) bond motifs is 1. The van der Waals surface area contributed by atoms with Crippen molar-refractivity contribution in [2.24, 2.45) is 0 Å². The van der Waals surface area contributed by atoms with Gasteiger partial charge in [0.2, 0.25) is 0 Å². The quantitative estimate of drug-likeness (QED) is 0.511. The van der Waals surface area contributed by atoms with Gasteiger partial charge in [-0.1, -0.05) is 34.1 Å². The molecule has 0 spiro atoms. The van der Waals surface area contributed by atoms with E-state index in [4.69, 9.17) is 4.74 Å². The molecule has 0 atom stereocenters. The van der Waals surface area contributed by atoms with Gasteiger partial charge in [0, 0.05) is 10.2 Å². The highest BCUT2D eigenvalue weighted by Gasteiger charge is 2.09. The average Bonchev–Trinajstić information content (AvgIpc) is 3.23. The highest BCUT2D eigenvalue weighted by Crippen LogP contribution is 2.24. The number of anilines is 1. The molecular weight excluding hydrogens is 422 g/mol. The van der Waals surface area contributed by atoms with Crippen molar-refractivity contribution in [1.29, 1.82) is 0 Å². The Morgan fingerprint density at radius 3 is 2.75 bits per heavy atom. The minimum Gasteiger partial charge on any atom is -0.484 e. The normalized spacial score (nSPS) is 10.8. The molecule has 28 heavy (non-hydrogen) atoms. The van der Waals surface area contributed by atoms with E-state index in [1.165, 1.54) is 11.0 Å². The van der Waals surface area contributed by atoms with Crippen LogP contribution in [-0.2, 0) is 4.79 Å². The number of hydrogen-bond acceptors (Lipinski definition) is 5. The number of halogens is 1. The summed E-state index contributed by atoms with van der Waals surface area (Å²) in [4.78, 5) is 12.4. The van der Waals surface area contributed by atoms with Gasteiger partial charge in [0.1, 0.15) is 12.1 Å². The Kier molecular flexibility index (Phi) is 5.03. The molecule has 1 amide bonds. The number of carbonyl (C=O) groups is 1. The van der Waals surface area contributed by atoms with E-state index in [1.54, 1.807) is 0 Å². The van der Waals surface area contributed by atoms with Crippen molar-refractivity contribution in [3.63, 3.8) is 0 Å². The lowest BCUT2D eigenvalue weighted by molar-refractivity contribution is -0.118. The molecule has 0 aliphatic heterocycles. The number of benzene rings is 3. The first-order valence-electron chi connectivity index (χ1n) is 8.54. The maximum Gasteiger partial charge on any atom is 0.262 e. The predicted octanol–water partition coefficient (Wildman–Crippen LogP) is 3.90. The van der Waals surface area contributed by atoms with Gasteiger partial charge in [-0.05, 0) is 70.1 Å². The molecule has 0 bridgehead atoms. The van der Waals surface area contributed by atoms with Crippen LogP contribution in [-0.4, -0.2) is 32.7 Å². The van der Waals surface area contributed by atoms with E-state index in [-0.39, 0.29) is 12.5 Å². The van der Waals surface area contributed by atoms with Gasteiger partial charge in [-0.15, -0.1) is 5.10 Å². The Balaban J connectivity index is 1.43. The number of nitrogens with one attached hydrogen (secondary N) is 1. The van der Waals surface area contributed by atoms with Gasteiger partial charge in [-0.3, -0.25) is 4.79 Å². The number of carbonyl (C=O) groups excluding carboxylic acids is 1. The number of tetrazole rings is 1. The molecule has 1 aromatic heterocycles. The Hall–Kier alpha value is -3.26. The summed E-state index contributed by atoms with van der Waals surface area (Å²) in [6, 6.07) is 17.3. The second-order valence-electron chi connectivity index (χ2n) is 6.24. The Labute approximate surface area is 169 Å². The standard InChI is InChI=1S/C20H16BrN5O2/c1-13-2-6-17(26-12-22-24-25-26)10-19(13)23-20(27)11-28-18-7-4-14-8-16(21)5-3-15(14)9-18/h2-10,12H,11H2,1H3,(H,23,27). The summed E-state index contributed by atoms with van der Waals surface area (Å²) in [5, 5.41) is 16.1. The summed E-state index contributed by atoms with van der Waals surface area (Å²) < 4.78 is 8.21. The monoisotopic (exact) mass is 437 g/mol. The summed E-state index contributed by atoms with van der Waals surface area (Å²) in [5.74, 6) is 0.400. The zero-order valence-electron chi connectivity index (χ0n) is 15.0. The van der Waals surface area contributed by atoms with E-state index in [9.17, 15) is 4.79 Å². The SMILES string of the molecule is Cc1ccc(-n2cnnn2)cc1NC(=O)COc1ccc2cc(Br)ccc2c1. The van der Waals surface area contributed by atoms with Crippen LogP contribution in [0.25, 0.3) is 16.5 Å². The summed E-state index contributed by atoms with van der Waals surface area (Å²) in [6.07, 6.45) is 1.50. The van der Waals surface area contributed by atoms with Crippen molar-refractivity contribution in [1.82, 2.24) is 20.2 Å². The number of nitrogens with zero attached hydrogens (tertiary/aromatic N) is 4. The van der Waals surface area contributed by atoms with Gasteiger partial charge in [-0.2, -0.15) is 0 Å². The number of aromatic nitrogens is 4. The van der Waals surface area contributed by atoms with Gasteiger partial charge in [0.15, 0.2) is 6.61 Å². The number of ether oxygens (including phenoxy) is 1. The van der Waals surface area contributed by atoms with Crippen LogP contribution in [0.5, 0.6) is 5.75 Å². The smallest absolute Gasteiger partial charge is 0.262 e. The fraction of sp³-hybridized carbons (Fsp3) is 0.100. The van der Waals surface area contributed by atoms with Crippen LogP contribution in [0, 0.1) is 6.92 Å². The van der Waals surface area contributed by atoms with Gasteiger partial charge < -0.3 is 10.1 Å². The van der Waals surface area contributed by atoms with Gasteiger partial charge in [-0.25, -0.2) is 4.68 Å². The van der Waals surface area contributed by atoms with Crippen LogP contribution >= 0.6 is 15.9 Å². The molecule has 0 radical (unpaired) electrons. The van der Waals surface area contributed by atoms with E-state index < -0.39 is 0 Å². The molecule has 140 valence electrons. The molecule has 8 heteroatoms. The summed E-state index contributed by atoms with van der Waals surface area (Å²) in [7, 11) is 0. The third-order valence-corrected chi connectivity index (χ3v) is 4.75. The third-order valence-electron chi connectivity index (χ3n) is 4.25. The van der Waals surface area contributed by atoms with Crippen molar-refractivity contribution >= 4 is 38.3 Å². The lowest BCUT2D eigenvalue weighted by atomic mass is 10.1. The van der Waals surface area contributed by atoms with Crippen molar-refractivity contribution in [2.75, 3.05) is 11.9 Å². The molecule has 4 aromatic rings. The minimum atomic E-state index is -0.243. The maximum absolute atomic E-state index is 12.4. The molecule has 4 rings (SSSR count). The Morgan fingerprint density at radius 1 is 1.11 bits per heavy atom. The van der Waals surface area contributed by atoms with Gasteiger partial charge >= 0.3 is 0 Å². The first-order chi connectivity index (χ1) is 13.6. The molecule has 3 aromatic carbocycles. The molecule has 1 heterocycles. The fourth-order valence-electron chi connectivity index (χ4n) is 2.79. The van der Waals surface area contributed by atoms with Crippen LogP contribution in [0.4, 0.5) is 5.69 Å². The van der Waals surface area contributed by atoms with Crippen molar-refractivity contribution in [2.45, 2.75) is 6.92 Å². The molecule has 0 saturated heterocycles. The summed E-state index contributed by atoms with van der Waals surface area (Å²) >= 11 is 3.46. The molecule has 0 fully saturated rings. The van der Waals surface area contributed by atoms with E-state index in [1.807, 2.05) is 61.5 Å². The Bertz CT molecular complexity index is 1140. The van der Waals surface area contributed by atoms with Crippen LogP contribution in [0.15, 0.2) is 65.4 Å². The van der Waals surface area contributed by atoms with E-state index >= 15 is 0 Å². The first kappa shape index (κ1) is 18.1. The first-order valence-corrected chi connectivity index (χ1v) is 9.34. The van der Waals surface area contributed by atoms with Gasteiger partial charge in [0.25, 0.3) is 5.91 Å². The number of aryl methyl sites for hydroxylation is 1. The molecule has 0 saturated carbocycles. The molecule has 7 nitrogen and oxygen atoms in total. The van der Waals surface area contributed by atoms with Crippen LogP contribution < -0.4 is 10.1 Å². The maximum atomic E-state index is 12.4. The average molecular weight is 438 g/mol. The fourth-order valence-corrected chi connectivity index (χ4v) is 3.17. The predicted molar refractivity (Wildman–Crippen MR) is 110 cm³/mol. The number of rotatable bonds is 5. The molecule has 0 aliphatic carbocycles. The van der Waals surface area contributed by atoms with Gasteiger partial charge in [0.05, 0.1) is 5.69 Å². The summed E-state index contributed by atoms with van der Waals surface area (Å²) in [5.41, 5.74) is 2.37. The van der Waals surface area contributed by atoms with Crippen molar-refractivity contribution < 1.29 is 9.53 Å². The van der Waals surface area contributed by atoms with E-state index in [0.717, 1.165) is 26.5 Å². The topological polar surface area (TPSA) is 81.9 Å². The van der Waals surface area contributed by atoms with Crippen LogP contribution in [0.3, 0.4) is 0 Å². The van der Waals surface area contributed by atoms with Crippen LogP contribution in [0.2, 0.25) is 0 Å². The zero-order valence-corrected chi connectivity index (χ0v) is 16.5. The summed E-state index contributed by atoms with van der Waals surface area (Å²) in [6.45, 7) is 1.83. The molecule has 0 aliphatic rings. The lowest BCUT2D eigenvalue weighted by Crippen LogP contribution is -2.20. The van der Waals surface area contributed by atoms with E-state index in [2.05, 4.69) is 36.8 Å². The highest BCUT2D eigenvalue weighted by atomic mass is 79.9. The Morgan fingerprint density at radius 2 is 1.93 bits per heavy atom. The molecule has 0 unspecified atom stereocenters. The second kappa shape index (κ2) is 7.77. The number of hydrogen-bond donors (Lipinski definition) is 1. The van der Waals surface area contributed by atoms with Crippen molar-refractivity contribution in [3.05, 3.63) is 71.0 Å². The minimum absolute atomic E-state index is 0.0867. The molecular formula is C20H16BrN5O2. The highest BCUT2D eigenvalue weighted by molar-refractivity contribution is 9.10. The van der Waals surface area contributed by atoms with Crippen LogP contribution in [0.1, 0.15) is 5.56 Å². The van der Waals surface area contributed by atoms with Crippen molar-refractivity contribution in [3.8, 4) is 11.4 Å². The second-order valence-corrected chi connectivity index (χ2v) is 7.16. The molecule has 1 N–H and O–H groups in total. The lowest BCUT2D eigenvalue weighted by Gasteiger charge is -2.11. The largest absolute Gasteiger partial charge is 0.484 e.